The molecule has 8 heteroatoms. The van der Waals surface area contributed by atoms with Crippen LogP contribution in [0.4, 0.5) is 0 Å². The Bertz CT molecular complexity index is 964. The number of nitrogens with one attached hydrogen (secondary N) is 2. The first-order chi connectivity index (χ1) is 14.4. The standard InChI is InChI=1S/C22H27N3O4S/c1-17(18-9-4-2-5-10-18)24-21(26)15-23-22(27)19-11-8-14-25(16-19)30(28,29)20-12-6-3-7-13-20/h2-7,9-10,12-13,17,19H,8,11,14-16H2,1H3,(H,23,27)(H,24,26)/t17-,19+/m0/s1. The Labute approximate surface area is 177 Å². The van der Waals surface area contributed by atoms with Gasteiger partial charge in [0.05, 0.1) is 23.4 Å². The van der Waals surface area contributed by atoms with Crippen molar-refractivity contribution in [2.24, 2.45) is 5.92 Å². The highest BCUT2D eigenvalue weighted by atomic mass is 32.2. The molecule has 2 amide bonds. The first-order valence-corrected chi connectivity index (χ1v) is 11.5. The lowest BCUT2D eigenvalue weighted by Gasteiger charge is -2.31. The summed E-state index contributed by atoms with van der Waals surface area (Å²) in [6.07, 6.45) is 1.19. The molecule has 0 radical (unpaired) electrons. The van der Waals surface area contributed by atoms with Gasteiger partial charge < -0.3 is 10.6 Å². The number of hydrogen-bond donors (Lipinski definition) is 2. The van der Waals surface area contributed by atoms with E-state index in [4.69, 9.17) is 0 Å². The molecule has 0 aliphatic carbocycles. The van der Waals surface area contributed by atoms with Crippen LogP contribution in [-0.4, -0.2) is 44.2 Å². The second-order valence-electron chi connectivity index (χ2n) is 7.43. The van der Waals surface area contributed by atoms with Crippen LogP contribution in [0.2, 0.25) is 0 Å². The zero-order valence-corrected chi connectivity index (χ0v) is 17.8. The lowest BCUT2D eigenvalue weighted by atomic mass is 9.99. The first-order valence-electron chi connectivity index (χ1n) is 10.0. The van der Waals surface area contributed by atoms with Crippen molar-refractivity contribution in [1.29, 1.82) is 0 Å². The second-order valence-corrected chi connectivity index (χ2v) is 9.37. The first kappa shape index (κ1) is 22.0. The summed E-state index contributed by atoms with van der Waals surface area (Å²) in [5.41, 5.74) is 0.978. The zero-order valence-electron chi connectivity index (χ0n) is 17.0. The number of nitrogens with zero attached hydrogens (tertiary/aromatic N) is 1. The van der Waals surface area contributed by atoms with E-state index >= 15 is 0 Å². The molecule has 0 saturated carbocycles. The summed E-state index contributed by atoms with van der Waals surface area (Å²) in [6, 6.07) is 17.6. The number of sulfonamides is 1. The summed E-state index contributed by atoms with van der Waals surface area (Å²) < 4.78 is 27.0. The minimum atomic E-state index is -3.63. The Balaban J connectivity index is 1.52. The summed E-state index contributed by atoms with van der Waals surface area (Å²) in [5.74, 6) is -1.06. The Morgan fingerprint density at radius 1 is 1.07 bits per heavy atom. The molecule has 2 atom stereocenters. The Hall–Kier alpha value is -2.71. The molecular weight excluding hydrogens is 402 g/mol. The van der Waals surface area contributed by atoms with Gasteiger partial charge in [0.1, 0.15) is 0 Å². The molecule has 0 bridgehead atoms. The molecule has 3 rings (SSSR count). The molecule has 1 heterocycles. The van der Waals surface area contributed by atoms with E-state index in [0.29, 0.717) is 19.4 Å². The van der Waals surface area contributed by atoms with E-state index in [1.165, 1.54) is 4.31 Å². The minimum Gasteiger partial charge on any atom is -0.348 e. The van der Waals surface area contributed by atoms with Crippen molar-refractivity contribution in [2.75, 3.05) is 19.6 Å². The lowest BCUT2D eigenvalue weighted by Crippen LogP contribution is -2.47. The van der Waals surface area contributed by atoms with Crippen LogP contribution in [0, 0.1) is 5.92 Å². The largest absolute Gasteiger partial charge is 0.348 e. The number of amides is 2. The van der Waals surface area contributed by atoms with Gasteiger partial charge in [-0.05, 0) is 37.5 Å². The number of carbonyl (C=O) groups excluding carboxylic acids is 2. The fourth-order valence-corrected chi connectivity index (χ4v) is 5.09. The summed E-state index contributed by atoms with van der Waals surface area (Å²) >= 11 is 0. The van der Waals surface area contributed by atoms with Crippen molar-refractivity contribution < 1.29 is 18.0 Å². The SMILES string of the molecule is C[C@H](NC(=O)CNC(=O)[C@@H]1CCCN(S(=O)(=O)c2ccccc2)C1)c1ccccc1. The van der Waals surface area contributed by atoms with E-state index in [-0.39, 0.29) is 35.8 Å². The third-order valence-electron chi connectivity index (χ3n) is 5.24. The van der Waals surface area contributed by atoms with Crippen molar-refractivity contribution in [3.63, 3.8) is 0 Å². The second kappa shape index (κ2) is 9.86. The van der Waals surface area contributed by atoms with Gasteiger partial charge in [-0.3, -0.25) is 9.59 Å². The monoisotopic (exact) mass is 429 g/mol. The molecule has 0 spiro atoms. The number of carbonyl (C=O) groups is 2. The Kier molecular flexibility index (Phi) is 7.23. The fraction of sp³-hybridized carbons (Fsp3) is 0.364. The van der Waals surface area contributed by atoms with Crippen molar-refractivity contribution in [3.8, 4) is 0 Å². The molecule has 2 aromatic carbocycles. The Morgan fingerprint density at radius 2 is 1.70 bits per heavy atom. The lowest BCUT2D eigenvalue weighted by molar-refractivity contribution is -0.129. The van der Waals surface area contributed by atoms with Gasteiger partial charge in [-0.1, -0.05) is 48.5 Å². The summed E-state index contributed by atoms with van der Waals surface area (Å²) in [5, 5.41) is 5.50. The van der Waals surface area contributed by atoms with Crippen LogP contribution in [-0.2, 0) is 19.6 Å². The normalized spacial score (nSPS) is 18.4. The van der Waals surface area contributed by atoms with Gasteiger partial charge in [0.2, 0.25) is 21.8 Å². The van der Waals surface area contributed by atoms with Gasteiger partial charge in [-0.15, -0.1) is 0 Å². The van der Waals surface area contributed by atoms with E-state index in [2.05, 4.69) is 10.6 Å². The number of piperidine rings is 1. The average Bonchev–Trinajstić information content (AvgIpc) is 2.78. The van der Waals surface area contributed by atoms with Gasteiger partial charge >= 0.3 is 0 Å². The predicted molar refractivity (Wildman–Crippen MR) is 114 cm³/mol. The third kappa shape index (κ3) is 5.46. The maximum absolute atomic E-state index is 12.8. The minimum absolute atomic E-state index is 0.116. The van der Waals surface area contributed by atoms with Gasteiger partial charge in [0.15, 0.2) is 0 Å². The van der Waals surface area contributed by atoms with Crippen LogP contribution in [0.25, 0.3) is 0 Å². The summed E-state index contributed by atoms with van der Waals surface area (Å²) in [7, 11) is -3.63. The van der Waals surface area contributed by atoms with Crippen LogP contribution in [0.15, 0.2) is 65.6 Å². The molecule has 7 nitrogen and oxygen atoms in total. The van der Waals surface area contributed by atoms with Crippen LogP contribution in [0.1, 0.15) is 31.4 Å². The van der Waals surface area contributed by atoms with E-state index in [9.17, 15) is 18.0 Å². The average molecular weight is 430 g/mol. The van der Waals surface area contributed by atoms with Gasteiger partial charge in [0.25, 0.3) is 0 Å². The number of hydrogen-bond acceptors (Lipinski definition) is 4. The molecule has 160 valence electrons. The summed E-state index contributed by atoms with van der Waals surface area (Å²) in [6.45, 7) is 2.24. The molecular formula is C22H27N3O4S. The van der Waals surface area contributed by atoms with Crippen molar-refractivity contribution in [1.82, 2.24) is 14.9 Å². The fourth-order valence-electron chi connectivity index (χ4n) is 3.55. The number of rotatable bonds is 7. The molecule has 0 aromatic heterocycles. The highest BCUT2D eigenvalue weighted by Crippen LogP contribution is 2.23. The van der Waals surface area contributed by atoms with E-state index in [1.54, 1.807) is 30.3 Å². The van der Waals surface area contributed by atoms with Gasteiger partial charge in [-0.25, -0.2) is 8.42 Å². The molecule has 2 aromatic rings. The molecule has 1 fully saturated rings. The smallest absolute Gasteiger partial charge is 0.243 e. The summed E-state index contributed by atoms with van der Waals surface area (Å²) in [4.78, 5) is 25.0. The van der Waals surface area contributed by atoms with Crippen LogP contribution in [0.5, 0.6) is 0 Å². The predicted octanol–water partition coefficient (Wildman–Crippen LogP) is 2.08. The third-order valence-corrected chi connectivity index (χ3v) is 7.12. The quantitative estimate of drug-likeness (QED) is 0.704. The van der Waals surface area contributed by atoms with Crippen molar-refractivity contribution >= 4 is 21.8 Å². The maximum Gasteiger partial charge on any atom is 0.243 e. The zero-order chi connectivity index (χ0) is 21.6. The van der Waals surface area contributed by atoms with Crippen molar-refractivity contribution in [3.05, 3.63) is 66.2 Å². The molecule has 1 saturated heterocycles. The van der Waals surface area contributed by atoms with E-state index < -0.39 is 15.9 Å². The highest BCUT2D eigenvalue weighted by Gasteiger charge is 2.33. The molecule has 0 unspecified atom stereocenters. The van der Waals surface area contributed by atoms with Crippen LogP contribution >= 0.6 is 0 Å². The number of benzene rings is 2. The van der Waals surface area contributed by atoms with E-state index in [1.807, 2.05) is 37.3 Å². The topological polar surface area (TPSA) is 95.6 Å². The molecule has 2 N–H and O–H groups in total. The molecule has 30 heavy (non-hydrogen) atoms. The molecule has 1 aliphatic heterocycles. The highest BCUT2D eigenvalue weighted by molar-refractivity contribution is 7.89. The van der Waals surface area contributed by atoms with Gasteiger partial charge in [-0.2, -0.15) is 4.31 Å². The van der Waals surface area contributed by atoms with Crippen molar-refractivity contribution in [2.45, 2.75) is 30.7 Å². The molecule has 1 aliphatic rings. The maximum atomic E-state index is 12.8. The van der Waals surface area contributed by atoms with Crippen LogP contribution < -0.4 is 10.6 Å². The van der Waals surface area contributed by atoms with E-state index in [0.717, 1.165) is 5.56 Å². The Morgan fingerprint density at radius 3 is 2.37 bits per heavy atom. The van der Waals surface area contributed by atoms with Crippen LogP contribution in [0.3, 0.4) is 0 Å². The van der Waals surface area contributed by atoms with Gasteiger partial charge in [0, 0.05) is 13.1 Å².